The number of anilines is 2. The van der Waals surface area contributed by atoms with E-state index in [1.165, 1.54) is 6.33 Å². The third-order valence-corrected chi connectivity index (χ3v) is 4.50. The van der Waals surface area contributed by atoms with Crippen LogP contribution in [0.5, 0.6) is 5.75 Å². The molecule has 1 aromatic carbocycles. The van der Waals surface area contributed by atoms with Gasteiger partial charge in [0, 0.05) is 33.0 Å². The van der Waals surface area contributed by atoms with Crippen LogP contribution in [0, 0.1) is 0 Å². The summed E-state index contributed by atoms with van der Waals surface area (Å²) < 4.78 is 6.02. The van der Waals surface area contributed by atoms with Crippen LogP contribution in [0.2, 0.25) is 10.2 Å². The van der Waals surface area contributed by atoms with E-state index in [1.807, 2.05) is 31.3 Å². The molecule has 1 saturated heterocycles. The molecule has 5 nitrogen and oxygen atoms in total. The van der Waals surface area contributed by atoms with Crippen molar-refractivity contribution in [3.05, 3.63) is 40.8 Å². The van der Waals surface area contributed by atoms with Crippen LogP contribution >= 0.6 is 23.2 Å². The van der Waals surface area contributed by atoms with Crippen molar-refractivity contribution >= 4 is 34.7 Å². The Morgan fingerprint density at radius 1 is 1.17 bits per heavy atom. The second-order valence-electron chi connectivity index (χ2n) is 5.35. The van der Waals surface area contributed by atoms with Crippen LogP contribution in [0.3, 0.4) is 0 Å². The van der Waals surface area contributed by atoms with Crippen LogP contribution in [-0.2, 0) is 0 Å². The summed E-state index contributed by atoms with van der Waals surface area (Å²) in [6.45, 7) is 1.69. The van der Waals surface area contributed by atoms with Crippen molar-refractivity contribution in [2.75, 3.05) is 30.4 Å². The highest BCUT2D eigenvalue weighted by atomic mass is 35.5. The third-order valence-electron chi connectivity index (χ3n) is 3.90. The molecule has 1 fully saturated rings. The van der Waals surface area contributed by atoms with Crippen LogP contribution in [0.4, 0.5) is 11.5 Å². The van der Waals surface area contributed by atoms with Gasteiger partial charge in [0.15, 0.2) is 11.0 Å². The smallest absolute Gasteiger partial charge is 0.157 e. The van der Waals surface area contributed by atoms with Gasteiger partial charge in [-0.15, -0.1) is 0 Å². The fourth-order valence-electron chi connectivity index (χ4n) is 2.72. The number of para-hydroxylation sites is 1. The Kier molecular flexibility index (Phi) is 5.08. The predicted molar refractivity (Wildman–Crippen MR) is 93.9 cm³/mol. The number of rotatable bonds is 4. The molecule has 7 heteroatoms. The maximum atomic E-state index is 6.15. The SMILES string of the molecule is CNc1c(Cl)ncnc1N1CCC(Oc2ccccc2Cl)CC1. The van der Waals surface area contributed by atoms with Crippen LogP contribution in [0.1, 0.15) is 12.8 Å². The molecule has 0 spiro atoms. The largest absolute Gasteiger partial charge is 0.489 e. The van der Waals surface area contributed by atoms with Crippen LogP contribution in [0.15, 0.2) is 30.6 Å². The Morgan fingerprint density at radius 3 is 2.61 bits per heavy atom. The molecule has 1 aliphatic heterocycles. The Morgan fingerprint density at radius 2 is 1.91 bits per heavy atom. The molecule has 0 atom stereocenters. The summed E-state index contributed by atoms with van der Waals surface area (Å²) >= 11 is 12.3. The average molecular weight is 353 g/mol. The molecule has 122 valence electrons. The quantitative estimate of drug-likeness (QED) is 0.846. The number of hydrogen-bond acceptors (Lipinski definition) is 5. The van der Waals surface area contributed by atoms with E-state index in [4.69, 9.17) is 27.9 Å². The number of halogens is 2. The Labute approximate surface area is 145 Å². The molecular weight excluding hydrogens is 335 g/mol. The summed E-state index contributed by atoms with van der Waals surface area (Å²) in [5.74, 6) is 1.58. The van der Waals surface area contributed by atoms with Gasteiger partial charge in [-0.05, 0) is 12.1 Å². The van der Waals surface area contributed by atoms with E-state index in [0.29, 0.717) is 10.2 Å². The molecule has 0 aliphatic carbocycles. The topological polar surface area (TPSA) is 50.3 Å². The Balaban J connectivity index is 1.65. The predicted octanol–water partition coefficient (Wildman–Crippen LogP) is 3.87. The van der Waals surface area contributed by atoms with Crippen LogP contribution < -0.4 is 15.0 Å². The summed E-state index contributed by atoms with van der Waals surface area (Å²) in [4.78, 5) is 10.6. The third kappa shape index (κ3) is 3.62. The monoisotopic (exact) mass is 352 g/mol. The molecule has 0 radical (unpaired) electrons. The summed E-state index contributed by atoms with van der Waals surface area (Å²) in [7, 11) is 1.82. The average Bonchev–Trinajstić information content (AvgIpc) is 2.57. The summed E-state index contributed by atoms with van der Waals surface area (Å²) in [6.07, 6.45) is 3.44. The molecule has 1 aliphatic rings. The lowest BCUT2D eigenvalue weighted by molar-refractivity contribution is 0.171. The van der Waals surface area contributed by atoms with E-state index in [0.717, 1.165) is 43.2 Å². The van der Waals surface area contributed by atoms with Gasteiger partial charge < -0.3 is 15.0 Å². The summed E-state index contributed by atoms with van der Waals surface area (Å²) in [5.41, 5.74) is 0.764. The summed E-state index contributed by atoms with van der Waals surface area (Å²) in [5, 5.41) is 4.16. The molecule has 2 heterocycles. The minimum Gasteiger partial charge on any atom is -0.489 e. The summed E-state index contributed by atoms with van der Waals surface area (Å²) in [6, 6.07) is 7.57. The zero-order valence-corrected chi connectivity index (χ0v) is 14.3. The van der Waals surface area contributed by atoms with E-state index in [-0.39, 0.29) is 6.10 Å². The van der Waals surface area contributed by atoms with Gasteiger partial charge >= 0.3 is 0 Å². The Hall–Kier alpha value is -1.72. The van der Waals surface area contributed by atoms with E-state index < -0.39 is 0 Å². The number of aromatic nitrogens is 2. The molecule has 2 aromatic rings. The number of ether oxygens (including phenoxy) is 1. The van der Waals surface area contributed by atoms with Gasteiger partial charge in [0.2, 0.25) is 0 Å². The first-order valence-corrected chi connectivity index (χ1v) is 8.29. The number of piperidine rings is 1. The molecular formula is C16H18Cl2N4O. The van der Waals surface area contributed by atoms with E-state index in [9.17, 15) is 0 Å². The standard InChI is InChI=1S/C16H18Cl2N4O/c1-19-14-15(18)20-10-21-16(14)22-8-6-11(7-9-22)23-13-5-3-2-4-12(13)17/h2-5,10-11,19H,6-9H2,1H3. The number of hydrogen-bond donors (Lipinski definition) is 1. The first kappa shape index (κ1) is 16.1. The van der Waals surface area contributed by atoms with Crippen molar-refractivity contribution < 1.29 is 4.74 Å². The molecule has 0 unspecified atom stereocenters. The molecule has 1 N–H and O–H groups in total. The lowest BCUT2D eigenvalue weighted by Gasteiger charge is -2.33. The van der Waals surface area contributed by atoms with Crippen molar-refractivity contribution in [2.45, 2.75) is 18.9 Å². The van der Waals surface area contributed by atoms with Gasteiger partial charge in [0.25, 0.3) is 0 Å². The maximum Gasteiger partial charge on any atom is 0.157 e. The van der Waals surface area contributed by atoms with Crippen LogP contribution in [0.25, 0.3) is 0 Å². The van der Waals surface area contributed by atoms with Crippen molar-refractivity contribution in [2.24, 2.45) is 0 Å². The van der Waals surface area contributed by atoms with Crippen molar-refractivity contribution in [3.63, 3.8) is 0 Å². The van der Waals surface area contributed by atoms with Crippen molar-refractivity contribution in [1.29, 1.82) is 0 Å². The molecule has 0 bridgehead atoms. The van der Waals surface area contributed by atoms with Crippen molar-refractivity contribution in [1.82, 2.24) is 9.97 Å². The van der Waals surface area contributed by atoms with Crippen molar-refractivity contribution in [3.8, 4) is 5.75 Å². The van der Waals surface area contributed by atoms with Gasteiger partial charge in [-0.3, -0.25) is 0 Å². The lowest BCUT2D eigenvalue weighted by Crippen LogP contribution is -2.39. The fourth-order valence-corrected chi connectivity index (χ4v) is 3.12. The Bertz CT molecular complexity index is 675. The van der Waals surface area contributed by atoms with Gasteiger partial charge in [-0.2, -0.15) is 0 Å². The minimum atomic E-state index is 0.154. The minimum absolute atomic E-state index is 0.154. The molecule has 23 heavy (non-hydrogen) atoms. The van der Waals surface area contributed by atoms with Gasteiger partial charge in [0.1, 0.15) is 23.9 Å². The van der Waals surface area contributed by atoms with Gasteiger partial charge in [0.05, 0.1) is 5.02 Å². The maximum absolute atomic E-state index is 6.15. The molecule has 0 amide bonds. The number of nitrogens with zero attached hydrogens (tertiary/aromatic N) is 3. The number of benzene rings is 1. The normalized spacial score (nSPS) is 15.5. The second kappa shape index (κ2) is 7.23. The highest BCUT2D eigenvalue weighted by molar-refractivity contribution is 6.32. The number of nitrogens with one attached hydrogen (secondary N) is 1. The molecule has 3 rings (SSSR count). The zero-order valence-electron chi connectivity index (χ0n) is 12.8. The van der Waals surface area contributed by atoms with Gasteiger partial charge in [-0.1, -0.05) is 35.3 Å². The van der Waals surface area contributed by atoms with E-state index in [2.05, 4.69) is 20.2 Å². The van der Waals surface area contributed by atoms with E-state index in [1.54, 1.807) is 0 Å². The first-order chi connectivity index (χ1) is 11.2. The van der Waals surface area contributed by atoms with E-state index >= 15 is 0 Å². The fraction of sp³-hybridized carbons (Fsp3) is 0.375. The molecule has 0 saturated carbocycles. The second-order valence-corrected chi connectivity index (χ2v) is 6.11. The van der Waals surface area contributed by atoms with Crippen LogP contribution in [-0.4, -0.2) is 36.2 Å². The zero-order chi connectivity index (χ0) is 16.2. The molecule has 1 aromatic heterocycles. The highest BCUT2D eigenvalue weighted by Gasteiger charge is 2.24. The first-order valence-electron chi connectivity index (χ1n) is 7.53. The van der Waals surface area contributed by atoms with Gasteiger partial charge in [-0.25, -0.2) is 9.97 Å². The lowest BCUT2D eigenvalue weighted by atomic mass is 10.1. The highest BCUT2D eigenvalue weighted by Crippen LogP contribution is 2.32.